The van der Waals surface area contributed by atoms with E-state index in [1.54, 1.807) is 0 Å². The molecule has 2 rings (SSSR count). The lowest BCUT2D eigenvalue weighted by Crippen LogP contribution is -2.21. The molecule has 0 amide bonds. The molecule has 1 unspecified atom stereocenters. The molecule has 0 radical (unpaired) electrons. The van der Waals surface area contributed by atoms with Gasteiger partial charge in [0.05, 0.1) is 5.57 Å². The van der Waals surface area contributed by atoms with Gasteiger partial charge in [-0.25, -0.2) is 4.79 Å². The minimum Gasteiger partial charge on any atom is -0.442 e. The van der Waals surface area contributed by atoms with Gasteiger partial charge in [-0.1, -0.05) is 54.0 Å². The van der Waals surface area contributed by atoms with Gasteiger partial charge >= 0.3 is 5.97 Å². The Labute approximate surface area is 137 Å². The average molecular weight is 308 g/mol. The third-order valence-electron chi connectivity index (χ3n) is 3.24. The maximum absolute atomic E-state index is 11.8. The second kappa shape index (κ2) is 9.51. The van der Waals surface area contributed by atoms with Crippen molar-refractivity contribution in [1.29, 1.82) is 0 Å². The topological polar surface area (TPSA) is 35.5 Å². The Hall–Kier alpha value is -2.49. The Kier molecular flexibility index (Phi) is 6.98. The Morgan fingerprint density at radius 3 is 2.70 bits per heavy atom. The Morgan fingerprint density at radius 1 is 1.22 bits per heavy atom. The molecule has 0 N–H and O–H groups in total. The van der Waals surface area contributed by atoms with Crippen molar-refractivity contribution in [3.63, 3.8) is 0 Å². The minimum atomic E-state index is -0.650. The predicted molar refractivity (Wildman–Crippen MR) is 90.2 cm³/mol. The first-order valence-electron chi connectivity index (χ1n) is 7.72. The summed E-state index contributed by atoms with van der Waals surface area (Å²) >= 11 is 0. The van der Waals surface area contributed by atoms with Crippen LogP contribution < -0.4 is 0 Å². The van der Waals surface area contributed by atoms with Gasteiger partial charge in [0.25, 0.3) is 0 Å². The zero-order chi connectivity index (χ0) is 16.3. The van der Waals surface area contributed by atoms with Crippen LogP contribution >= 0.6 is 0 Å². The van der Waals surface area contributed by atoms with Gasteiger partial charge in [0, 0.05) is 20.0 Å². The highest BCUT2D eigenvalue weighted by Crippen LogP contribution is 2.14. The zero-order valence-corrected chi connectivity index (χ0v) is 13.3. The van der Waals surface area contributed by atoms with E-state index in [-0.39, 0.29) is 6.61 Å². The summed E-state index contributed by atoms with van der Waals surface area (Å²) in [5, 5.41) is 0. The molecule has 0 aromatic heterocycles. The summed E-state index contributed by atoms with van der Waals surface area (Å²) in [6, 6.07) is 9.83. The fourth-order valence-electron chi connectivity index (χ4n) is 2.12. The molecule has 0 saturated heterocycles. The normalized spacial score (nSPS) is 19.0. The molecule has 23 heavy (non-hydrogen) atoms. The van der Waals surface area contributed by atoms with Crippen LogP contribution in [0.15, 0.2) is 35.9 Å². The molecule has 3 heteroatoms. The molecule has 0 aliphatic heterocycles. The molecule has 1 aromatic carbocycles. The molecule has 3 nitrogen and oxygen atoms in total. The monoisotopic (exact) mass is 308 g/mol. The first-order chi connectivity index (χ1) is 11.3. The number of methoxy groups -OCH3 is 1. The first kappa shape index (κ1) is 16.9. The molecule has 0 spiro atoms. The van der Waals surface area contributed by atoms with Gasteiger partial charge in [0.15, 0.2) is 6.10 Å². The summed E-state index contributed by atoms with van der Waals surface area (Å²) in [4.78, 5) is 11.8. The maximum atomic E-state index is 11.8. The molecule has 0 bridgehead atoms. The van der Waals surface area contributed by atoms with Crippen LogP contribution in [0.2, 0.25) is 0 Å². The number of carbonyl (C=O) groups excluding carboxylic acids is 1. The zero-order valence-electron chi connectivity index (χ0n) is 13.3. The number of benzene rings is 1. The highest BCUT2D eigenvalue weighted by atomic mass is 16.6. The van der Waals surface area contributed by atoms with Gasteiger partial charge in [0.1, 0.15) is 6.61 Å². The fraction of sp³-hybridized carbons (Fsp3) is 0.350. The van der Waals surface area contributed by atoms with Gasteiger partial charge in [-0.15, -0.1) is 0 Å². The van der Waals surface area contributed by atoms with Crippen molar-refractivity contribution in [1.82, 2.24) is 0 Å². The van der Waals surface area contributed by atoms with Gasteiger partial charge in [-0.2, -0.15) is 0 Å². The third kappa shape index (κ3) is 6.02. The summed E-state index contributed by atoms with van der Waals surface area (Å²) in [6.45, 7) is -0.0930. The lowest BCUT2D eigenvalue weighted by Gasteiger charge is -2.13. The summed E-state index contributed by atoms with van der Waals surface area (Å²) in [7, 11) is 1.46. The van der Waals surface area contributed by atoms with E-state index in [9.17, 15) is 4.79 Å². The highest BCUT2D eigenvalue weighted by Gasteiger charge is 2.16. The number of rotatable bonds is 4. The molecule has 1 atom stereocenters. The maximum Gasteiger partial charge on any atom is 0.333 e. The number of carbonyl (C=O) groups is 1. The van der Waals surface area contributed by atoms with E-state index in [1.807, 2.05) is 36.4 Å². The number of esters is 1. The van der Waals surface area contributed by atoms with Crippen LogP contribution in [-0.4, -0.2) is 25.8 Å². The van der Waals surface area contributed by atoms with Crippen molar-refractivity contribution in [3.8, 4) is 23.7 Å². The van der Waals surface area contributed by atoms with Crippen LogP contribution in [0.4, 0.5) is 0 Å². The van der Waals surface area contributed by atoms with Crippen LogP contribution in [0.5, 0.6) is 0 Å². The van der Waals surface area contributed by atoms with Crippen LogP contribution in [0.3, 0.4) is 0 Å². The van der Waals surface area contributed by atoms with Gasteiger partial charge in [-0.3, -0.25) is 0 Å². The highest BCUT2D eigenvalue weighted by molar-refractivity contribution is 5.72. The van der Waals surface area contributed by atoms with Crippen molar-refractivity contribution >= 4 is 12.0 Å². The number of ether oxygens (including phenoxy) is 2. The molecular formula is C20H20O3. The summed E-state index contributed by atoms with van der Waals surface area (Å²) in [6.07, 6.45) is 4.94. The summed E-state index contributed by atoms with van der Waals surface area (Å²) < 4.78 is 10.3. The van der Waals surface area contributed by atoms with E-state index in [4.69, 9.17) is 9.47 Å². The van der Waals surface area contributed by atoms with E-state index in [2.05, 4.69) is 23.7 Å². The van der Waals surface area contributed by atoms with Crippen LogP contribution in [-0.2, 0) is 14.3 Å². The Morgan fingerprint density at radius 2 is 1.96 bits per heavy atom. The smallest absolute Gasteiger partial charge is 0.333 e. The molecule has 0 fully saturated rings. The van der Waals surface area contributed by atoms with Crippen LogP contribution in [0.1, 0.15) is 31.2 Å². The van der Waals surface area contributed by atoms with Crippen molar-refractivity contribution < 1.29 is 14.3 Å². The molecule has 0 heterocycles. The van der Waals surface area contributed by atoms with E-state index in [0.717, 1.165) is 31.2 Å². The summed E-state index contributed by atoms with van der Waals surface area (Å²) in [5.41, 5.74) is 1.71. The van der Waals surface area contributed by atoms with Crippen molar-refractivity contribution in [2.45, 2.75) is 31.8 Å². The van der Waals surface area contributed by atoms with Gasteiger partial charge < -0.3 is 9.47 Å². The van der Waals surface area contributed by atoms with Crippen LogP contribution in [0.25, 0.3) is 6.08 Å². The van der Waals surface area contributed by atoms with E-state index >= 15 is 0 Å². The standard InChI is InChI=1S/C20H20O3/c1-22-16-20(21)23-19-14-10-5-3-2-4-9-13-18(19)15-17-11-7-6-8-12-17/h6-8,11-12,15,19H,2-5,16H2,1H3/b18-15-. The SMILES string of the molecule is COCC(=O)OC1C#CCCCCC#C/C1=C/c1ccccc1. The van der Waals surface area contributed by atoms with Crippen molar-refractivity contribution in [2.75, 3.05) is 13.7 Å². The lowest BCUT2D eigenvalue weighted by atomic mass is 10.0. The Balaban J connectivity index is 2.31. The third-order valence-corrected chi connectivity index (χ3v) is 3.24. The number of hydrogen-bond acceptors (Lipinski definition) is 3. The summed E-state index contributed by atoms with van der Waals surface area (Å²) in [5.74, 6) is 12.0. The molecule has 1 aliphatic carbocycles. The Bertz CT molecular complexity index is 666. The quantitative estimate of drug-likeness (QED) is 0.633. The fourth-order valence-corrected chi connectivity index (χ4v) is 2.12. The van der Waals surface area contributed by atoms with Crippen LogP contribution in [0, 0.1) is 23.7 Å². The van der Waals surface area contributed by atoms with Gasteiger partial charge in [0.2, 0.25) is 0 Å². The first-order valence-corrected chi connectivity index (χ1v) is 7.72. The van der Waals surface area contributed by atoms with Crippen molar-refractivity contribution in [3.05, 3.63) is 41.5 Å². The molecule has 118 valence electrons. The van der Waals surface area contributed by atoms with E-state index in [1.165, 1.54) is 7.11 Å². The molecular weight excluding hydrogens is 288 g/mol. The van der Waals surface area contributed by atoms with Gasteiger partial charge in [-0.05, 0) is 24.5 Å². The minimum absolute atomic E-state index is 0.0930. The largest absolute Gasteiger partial charge is 0.442 e. The predicted octanol–water partition coefficient (Wildman–Crippen LogP) is 3.21. The molecule has 1 aliphatic rings. The van der Waals surface area contributed by atoms with Crippen molar-refractivity contribution in [2.24, 2.45) is 0 Å². The van der Waals surface area contributed by atoms with E-state index < -0.39 is 12.1 Å². The number of hydrogen-bond donors (Lipinski definition) is 0. The average Bonchev–Trinajstić information content (AvgIpc) is 2.56. The lowest BCUT2D eigenvalue weighted by molar-refractivity contribution is -0.149. The second-order valence-corrected chi connectivity index (χ2v) is 5.14. The second-order valence-electron chi connectivity index (χ2n) is 5.14. The molecule has 1 aromatic rings. The molecule has 0 saturated carbocycles. The van der Waals surface area contributed by atoms with E-state index in [0.29, 0.717) is 5.57 Å².